The van der Waals surface area contributed by atoms with E-state index in [0.29, 0.717) is 11.5 Å². The number of rotatable bonds is 6. The van der Waals surface area contributed by atoms with Crippen molar-refractivity contribution in [3.8, 4) is 0 Å². The van der Waals surface area contributed by atoms with E-state index in [2.05, 4.69) is 22.4 Å². The molecule has 2 aromatic heterocycles. The van der Waals surface area contributed by atoms with E-state index in [0.717, 1.165) is 44.8 Å². The predicted octanol–water partition coefficient (Wildman–Crippen LogP) is 6.27. The Morgan fingerprint density at radius 3 is 2.53 bits per heavy atom. The number of anilines is 1. The maximum Gasteiger partial charge on any atom is 0.101 e. The molecule has 0 aliphatic carbocycles. The lowest BCUT2D eigenvalue weighted by Crippen LogP contribution is -2.16. The lowest BCUT2D eigenvalue weighted by Gasteiger charge is -2.14. The van der Waals surface area contributed by atoms with E-state index in [1.54, 1.807) is 0 Å². The zero-order valence-corrected chi connectivity index (χ0v) is 18.9. The van der Waals surface area contributed by atoms with Crippen molar-refractivity contribution in [3.05, 3.63) is 108 Å². The highest BCUT2D eigenvalue weighted by Gasteiger charge is 2.16. The first-order valence-corrected chi connectivity index (χ1v) is 10.9. The van der Waals surface area contributed by atoms with Gasteiger partial charge in [-0.1, -0.05) is 60.8 Å². The molecule has 0 saturated heterocycles. The van der Waals surface area contributed by atoms with Crippen LogP contribution in [0, 0.1) is 6.92 Å². The van der Waals surface area contributed by atoms with E-state index < -0.39 is 0 Å². The van der Waals surface area contributed by atoms with E-state index in [-0.39, 0.29) is 0 Å². The lowest BCUT2D eigenvalue weighted by atomic mass is 9.95. The molecule has 0 unspecified atom stereocenters. The quantitative estimate of drug-likeness (QED) is 0.286. The van der Waals surface area contributed by atoms with Crippen molar-refractivity contribution in [3.63, 3.8) is 0 Å². The largest absolute Gasteiger partial charge is 0.348 e. The van der Waals surface area contributed by atoms with Gasteiger partial charge in [-0.2, -0.15) is 0 Å². The number of para-hydroxylation sites is 2. The van der Waals surface area contributed by atoms with Gasteiger partial charge >= 0.3 is 0 Å². The summed E-state index contributed by atoms with van der Waals surface area (Å²) in [4.78, 5) is 14.9. The fourth-order valence-electron chi connectivity index (χ4n) is 3.60. The fraction of sp³-hybridized carbons (Fsp3) is 0.111. The van der Waals surface area contributed by atoms with Crippen LogP contribution in [0.3, 0.4) is 0 Å². The Labute approximate surface area is 193 Å². The summed E-state index contributed by atoms with van der Waals surface area (Å²) in [6.07, 6.45) is 3.92. The van der Waals surface area contributed by atoms with Crippen molar-refractivity contribution in [1.29, 1.82) is 0 Å². The maximum atomic E-state index is 5.58. The van der Waals surface area contributed by atoms with Crippen molar-refractivity contribution >= 4 is 45.1 Å². The van der Waals surface area contributed by atoms with Gasteiger partial charge in [0.15, 0.2) is 0 Å². The van der Waals surface area contributed by atoms with Gasteiger partial charge in [-0.15, -0.1) is 0 Å². The molecule has 5 heteroatoms. The normalized spacial score (nSPS) is 12.1. The number of aryl methyl sites for hydroxylation is 1. The Morgan fingerprint density at radius 1 is 0.969 bits per heavy atom. The van der Waals surface area contributed by atoms with Gasteiger partial charge in [0.2, 0.25) is 0 Å². The molecule has 0 aliphatic heterocycles. The molecule has 0 atom stereocenters. The Hall–Kier alpha value is -3.70. The fourth-order valence-corrected chi connectivity index (χ4v) is 3.78. The Kier molecular flexibility index (Phi) is 6.78. The van der Waals surface area contributed by atoms with Crippen LogP contribution in [0.15, 0.2) is 96.1 Å². The van der Waals surface area contributed by atoms with Crippen LogP contribution in [0.1, 0.15) is 23.9 Å². The van der Waals surface area contributed by atoms with Gasteiger partial charge < -0.3 is 5.32 Å². The van der Waals surface area contributed by atoms with Crippen LogP contribution in [-0.2, 0) is 0 Å². The molecule has 0 radical (unpaired) electrons. The minimum absolute atomic E-state index is 0.357. The van der Waals surface area contributed by atoms with Crippen LogP contribution < -0.4 is 5.32 Å². The number of nitrogens with zero attached hydrogens (tertiary/aromatic N) is 3. The zero-order valence-electron chi connectivity index (χ0n) is 18.1. The predicted molar refractivity (Wildman–Crippen MR) is 138 cm³/mol. The summed E-state index contributed by atoms with van der Waals surface area (Å²) in [6.45, 7) is 4.37. The number of thiocarbonyl (C=S) groups is 1. The highest BCUT2D eigenvalue weighted by Crippen LogP contribution is 2.27. The van der Waals surface area contributed by atoms with Crippen molar-refractivity contribution < 1.29 is 0 Å². The third kappa shape index (κ3) is 4.95. The molecule has 4 rings (SSSR count). The molecule has 2 heterocycles. The number of nitrogens with one attached hydrogen (secondary N) is 1. The molecule has 0 amide bonds. The Balaban J connectivity index is 1.75. The van der Waals surface area contributed by atoms with Crippen LogP contribution in [0.25, 0.3) is 16.5 Å². The van der Waals surface area contributed by atoms with Gasteiger partial charge in [-0.05, 0) is 55.8 Å². The third-order valence-electron chi connectivity index (χ3n) is 5.05. The van der Waals surface area contributed by atoms with E-state index in [9.17, 15) is 0 Å². The number of fused-ring (bicyclic) bond motifs is 1. The Morgan fingerprint density at radius 2 is 1.75 bits per heavy atom. The SMILES string of the molecule is C/C=C(\C(=NCC(=S)Nc1ccccc1)c1cccc(C)n1)c1ccnc2ccccc12. The number of aliphatic imine (C=N–C) groups is 1. The molecule has 32 heavy (non-hydrogen) atoms. The molecule has 158 valence electrons. The molecule has 4 nitrogen and oxygen atoms in total. The van der Waals surface area contributed by atoms with E-state index >= 15 is 0 Å². The highest BCUT2D eigenvalue weighted by atomic mass is 32.1. The minimum atomic E-state index is 0.357. The summed E-state index contributed by atoms with van der Waals surface area (Å²) in [5.41, 5.74) is 6.55. The maximum absolute atomic E-state index is 5.58. The average molecular weight is 437 g/mol. The first kappa shape index (κ1) is 21.5. The first-order chi connectivity index (χ1) is 15.7. The summed E-state index contributed by atoms with van der Waals surface area (Å²) in [5.74, 6) is 0. The second kappa shape index (κ2) is 10.1. The smallest absolute Gasteiger partial charge is 0.101 e. The molecule has 2 aromatic carbocycles. The van der Waals surface area contributed by atoms with Crippen LogP contribution >= 0.6 is 12.2 Å². The van der Waals surface area contributed by atoms with Crippen LogP contribution in [0.2, 0.25) is 0 Å². The number of benzene rings is 2. The van der Waals surface area contributed by atoms with Gasteiger partial charge in [0, 0.05) is 28.5 Å². The molecular formula is C27H24N4S. The molecule has 0 fully saturated rings. The molecule has 0 spiro atoms. The summed E-state index contributed by atoms with van der Waals surface area (Å²) in [7, 11) is 0. The van der Waals surface area contributed by atoms with E-state index in [1.165, 1.54) is 0 Å². The highest BCUT2D eigenvalue weighted by molar-refractivity contribution is 7.80. The average Bonchev–Trinajstić information content (AvgIpc) is 2.82. The topological polar surface area (TPSA) is 50.2 Å². The van der Waals surface area contributed by atoms with Crippen molar-refractivity contribution in [2.75, 3.05) is 11.9 Å². The van der Waals surface area contributed by atoms with E-state index in [1.807, 2.05) is 92.8 Å². The van der Waals surface area contributed by atoms with Gasteiger partial charge in [0.1, 0.15) is 4.99 Å². The minimum Gasteiger partial charge on any atom is -0.348 e. The molecule has 0 saturated carbocycles. The monoisotopic (exact) mass is 436 g/mol. The zero-order chi connectivity index (χ0) is 22.3. The number of hydrogen-bond acceptors (Lipinski definition) is 4. The molecular weight excluding hydrogens is 412 g/mol. The standard InChI is InChI=1S/C27H24N4S/c1-3-21(22-16-17-28-24-14-8-7-13-23(22)24)27(25-15-9-10-19(2)30-25)29-18-26(32)31-20-11-5-4-6-12-20/h3-17H,18H2,1-2H3,(H,31,32)/b21-3-,29-27?. The van der Waals surface area contributed by atoms with Gasteiger partial charge in [0.05, 0.1) is 23.5 Å². The van der Waals surface area contributed by atoms with Crippen molar-refractivity contribution in [1.82, 2.24) is 9.97 Å². The summed E-state index contributed by atoms with van der Waals surface area (Å²) in [5, 5.41) is 4.34. The Bertz CT molecular complexity index is 1300. The van der Waals surface area contributed by atoms with Crippen molar-refractivity contribution in [2.45, 2.75) is 13.8 Å². The van der Waals surface area contributed by atoms with E-state index in [4.69, 9.17) is 22.2 Å². The number of hydrogen-bond donors (Lipinski definition) is 1. The second-order valence-electron chi connectivity index (χ2n) is 7.32. The molecule has 0 aliphatic rings. The molecule has 1 N–H and O–H groups in total. The third-order valence-corrected chi connectivity index (χ3v) is 5.28. The van der Waals surface area contributed by atoms with Gasteiger partial charge in [-0.25, -0.2) is 0 Å². The summed E-state index contributed by atoms with van der Waals surface area (Å²) >= 11 is 5.58. The van der Waals surface area contributed by atoms with Crippen LogP contribution in [0.5, 0.6) is 0 Å². The second-order valence-corrected chi connectivity index (χ2v) is 7.81. The van der Waals surface area contributed by atoms with Gasteiger partial charge in [-0.3, -0.25) is 15.0 Å². The lowest BCUT2D eigenvalue weighted by molar-refractivity contribution is 1.17. The number of allylic oxidation sites excluding steroid dienone is 2. The summed E-state index contributed by atoms with van der Waals surface area (Å²) < 4.78 is 0. The van der Waals surface area contributed by atoms with Crippen molar-refractivity contribution in [2.24, 2.45) is 4.99 Å². The number of pyridine rings is 2. The van der Waals surface area contributed by atoms with Gasteiger partial charge in [0.25, 0.3) is 0 Å². The summed E-state index contributed by atoms with van der Waals surface area (Å²) in [6, 6.07) is 26.1. The van der Waals surface area contributed by atoms with Crippen LogP contribution in [0.4, 0.5) is 5.69 Å². The first-order valence-electron chi connectivity index (χ1n) is 10.5. The number of aromatic nitrogens is 2. The van der Waals surface area contributed by atoms with Crippen LogP contribution in [-0.4, -0.2) is 27.2 Å². The molecule has 0 bridgehead atoms. The molecule has 4 aromatic rings.